The van der Waals surface area contributed by atoms with Crippen molar-refractivity contribution < 1.29 is 22.7 Å². The summed E-state index contributed by atoms with van der Waals surface area (Å²) in [4.78, 5) is 17.6. The lowest BCUT2D eigenvalue weighted by Crippen LogP contribution is -2.44. The largest absolute Gasteiger partial charge is 0.489 e. The summed E-state index contributed by atoms with van der Waals surface area (Å²) in [7, 11) is -1.39. The summed E-state index contributed by atoms with van der Waals surface area (Å²) in [6.07, 6.45) is 2.91. The summed E-state index contributed by atoms with van der Waals surface area (Å²) in [6.45, 7) is 8.19. The third-order valence-electron chi connectivity index (χ3n) is 7.04. The fraction of sp³-hybridized carbons (Fsp3) is 0.640. The average molecular weight is 571 g/mol. The van der Waals surface area contributed by atoms with E-state index in [1.54, 1.807) is 12.0 Å². The van der Waals surface area contributed by atoms with Gasteiger partial charge in [0.1, 0.15) is 17.5 Å². The zero-order valence-corrected chi connectivity index (χ0v) is 23.2. The minimum Gasteiger partial charge on any atom is -0.489 e. The van der Waals surface area contributed by atoms with E-state index in [-0.39, 0.29) is 36.6 Å². The van der Waals surface area contributed by atoms with Crippen molar-refractivity contribution in [3.63, 3.8) is 0 Å². The van der Waals surface area contributed by atoms with Crippen molar-refractivity contribution in [1.82, 2.24) is 14.4 Å². The summed E-state index contributed by atoms with van der Waals surface area (Å²) >= 11 is 3.70. The van der Waals surface area contributed by atoms with Crippen LogP contribution in [0.2, 0.25) is 0 Å². The Hall–Kier alpha value is -1.62. The summed E-state index contributed by atoms with van der Waals surface area (Å²) in [5.74, 6) is 0.689. The van der Waals surface area contributed by atoms with Gasteiger partial charge in [-0.1, -0.05) is 0 Å². The van der Waals surface area contributed by atoms with Gasteiger partial charge in [-0.05, 0) is 67.2 Å². The van der Waals surface area contributed by atoms with Crippen molar-refractivity contribution in [3.8, 4) is 5.75 Å². The second-order valence-electron chi connectivity index (χ2n) is 9.76. The van der Waals surface area contributed by atoms with Gasteiger partial charge in [0, 0.05) is 57.9 Å². The number of nitrogens with zero attached hydrogens (tertiary/aromatic N) is 3. The van der Waals surface area contributed by atoms with Gasteiger partial charge in [-0.3, -0.25) is 4.79 Å². The Morgan fingerprint density at radius 3 is 2.43 bits per heavy atom. The molecule has 4 rings (SSSR count). The number of sulfone groups is 1. The van der Waals surface area contributed by atoms with Crippen LogP contribution in [0.3, 0.4) is 0 Å². The van der Waals surface area contributed by atoms with Crippen LogP contribution in [0.5, 0.6) is 5.75 Å². The van der Waals surface area contributed by atoms with Crippen molar-refractivity contribution in [1.29, 1.82) is 0 Å². The molecule has 194 valence electrons. The number of ether oxygens (including phenoxy) is 2. The molecule has 0 spiro atoms. The minimum absolute atomic E-state index is 0.0157. The average Bonchev–Trinajstić information content (AvgIpc) is 3.16. The molecule has 2 fully saturated rings. The van der Waals surface area contributed by atoms with Crippen LogP contribution in [-0.2, 0) is 21.1 Å². The van der Waals surface area contributed by atoms with Crippen LogP contribution in [0.4, 0.5) is 0 Å². The number of likely N-dealkylation sites (tertiary alicyclic amines) is 1. The number of fused-ring (bicyclic) bond motifs is 1. The zero-order valence-electron chi connectivity index (χ0n) is 20.8. The number of aryl methyl sites for hydroxylation is 1. The van der Waals surface area contributed by atoms with Crippen molar-refractivity contribution >= 4 is 42.6 Å². The Balaban J connectivity index is 1.59. The first-order valence-corrected chi connectivity index (χ1v) is 15.0. The Kier molecular flexibility index (Phi) is 8.45. The first-order valence-electron chi connectivity index (χ1n) is 12.4. The predicted molar refractivity (Wildman–Crippen MR) is 141 cm³/mol. The van der Waals surface area contributed by atoms with E-state index in [9.17, 15) is 13.2 Å². The number of carbonyl (C=O) groups is 1. The number of halogens is 1. The maximum Gasteiger partial charge on any atom is 0.270 e. The van der Waals surface area contributed by atoms with Gasteiger partial charge < -0.3 is 23.8 Å². The number of carbonyl (C=O) groups excluding carboxylic acids is 1. The Morgan fingerprint density at radius 2 is 1.80 bits per heavy atom. The molecule has 2 saturated heterocycles. The number of amides is 1. The fourth-order valence-electron chi connectivity index (χ4n) is 4.91. The number of hydrogen-bond acceptors (Lipinski definition) is 6. The molecule has 1 aromatic heterocycles. The predicted octanol–water partition coefficient (Wildman–Crippen LogP) is 3.56. The number of aromatic nitrogens is 1. The molecule has 2 aliphatic heterocycles. The normalized spacial score (nSPS) is 19.5. The highest BCUT2D eigenvalue weighted by Crippen LogP contribution is 2.35. The molecule has 2 aromatic rings. The van der Waals surface area contributed by atoms with Crippen LogP contribution in [0.1, 0.15) is 43.6 Å². The summed E-state index contributed by atoms with van der Waals surface area (Å²) in [5, 5.41) is 0.938. The van der Waals surface area contributed by atoms with E-state index in [2.05, 4.69) is 34.7 Å². The third-order valence-corrected chi connectivity index (χ3v) is 9.27. The van der Waals surface area contributed by atoms with Gasteiger partial charge in [0.05, 0.1) is 21.5 Å². The van der Waals surface area contributed by atoms with Gasteiger partial charge >= 0.3 is 0 Å². The number of hydrogen-bond donors (Lipinski definition) is 0. The van der Waals surface area contributed by atoms with Crippen LogP contribution in [0.25, 0.3) is 10.9 Å². The lowest BCUT2D eigenvalue weighted by molar-refractivity contribution is 0.0758. The van der Waals surface area contributed by atoms with Crippen LogP contribution in [0, 0.1) is 0 Å². The molecule has 0 bridgehead atoms. The van der Waals surface area contributed by atoms with E-state index in [1.165, 1.54) is 0 Å². The van der Waals surface area contributed by atoms with Gasteiger partial charge in [0.15, 0.2) is 9.84 Å². The molecule has 1 amide bonds. The van der Waals surface area contributed by atoms with E-state index in [0.717, 1.165) is 53.5 Å². The summed E-state index contributed by atoms with van der Waals surface area (Å²) in [5.41, 5.74) is 1.52. The Bertz CT molecular complexity index is 1140. The molecule has 0 unspecified atom stereocenters. The maximum absolute atomic E-state index is 13.4. The highest BCUT2D eigenvalue weighted by atomic mass is 79.9. The van der Waals surface area contributed by atoms with Crippen molar-refractivity contribution in [2.45, 2.75) is 51.8 Å². The minimum atomic E-state index is -3.06. The van der Waals surface area contributed by atoms with Crippen molar-refractivity contribution in [2.75, 3.05) is 51.4 Å². The lowest BCUT2D eigenvalue weighted by atomic mass is 10.1. The molecule has 10 heteroatoms. The van der Waals surface area contributed by atoms with E-state index in [4.69, 9.17) is 9.47 Å². The fourth-order valence-corrected chi connectivity index (χ4v) is 6.53. The monoisotopic (exact) mass is 569 g/mol. The highest BCUT2D eigenvalue weighted by Gasteiger charge is 2.29. The van der Waals surface area contributed by atoms with Gasteiger partial charge in [-0.2, -0.15) is 0 Å². The molecule has 0 radical (unpaired) electrons. The van der Waals surface area contributed by atoms with E-state index in [0.29, 0.717) is 24.9 Å². The van der Waals surface area contributed by atoms with Gasteiger partial charge in [-0.25, -0.2) is 8.42 Å². The summed E-state index contributed by atoms with van der Waals surface area (Å²) < 4.78 is 38.2. The highest BCUT2D eigenvalue weighted by molar-refractivity contribution is 9.10. The molecule has 2 aliphatic rings. The molecular formula is C25H36BrN3O5S. The Morgan fingerprint density at radius 1 is 1.11 bits per heavy atom. The standard InChI is InChI=1S/C25H36BrN3O5S/c1-18(2)27-8-5-20(6-9-27)34-24-16-19-15-23(25(30)28-10-13-35(31,32)14-11-28)29(7-4-12-33-3)22(19)17-21(24)26/h15-18,20H,4-14H2,1-3H3. The van der Waals surface area contributed by atoms with E-state index >= 15 is 0 Å². The quantitative estimate of drug-likeness (QED) is 0.452. The second kappa shape index (κ2) is 11.2. The van der Waals surface area contributed by atoms with Gasteiger partial charge in [0.25, 0.3) is 5.91 Å². The van der Waals surface area contributed by atoms with E-state index in [1.807, 2.05) is 22.8 Å². The maximum atomic E-state index is 13.4. The first-order chi connectivity index (χ1) is 16.7. The topological polar surface area (TPSA) is 81.1 Å². The molecular weight excluding hydrogens is 534 g/mol. The molecule has 0 N–H and O–H groups in total. The number of piperidine rings is 1. The van der Waals surface area contributed by atoms with E-state index < -0.39 is 9.84 Å². The zero-order chi connectivity index (χ0) is 25.2. The second-order valence-corrected chi connectivity index (χ2v) is 12.9. The molecule has 0 saturated carbocycles. The van der Waals surface area contributed by atoms with Crippen LogP contribution < -0.4 is 4.74 Å². The summed E-state index contributed by atoms with van der Waals surface area (Å²) in [6, 6.07) is 6.50. The lowest BCUT2D eigenvalue weighted by Gasteiger charge is -2.34. The van der Waals surface area contributed by atoms with Gasteiger partial charge in [0.2, 0.25) is 0 Å². The molecule has 0 aliphatic carbocycles. The van der Waals surface area contributed by atoms with Gasteiger partial charge in [-0.15, -0.1) is 0 Å². The number of benzene rings is 1. The van der Waals surface area contributed by atoms with Crippen molar-refractivity contribution in [2.24, 2.45) is 0 Å². The third kappa shape index (κ3) is 6.21. The first kappa shape index (κ1) is 26.4. The number of rotatable bonds is 8. The Labute approximate surface area is 216 Å². The molecule has 3 heterocycles. The molecule has 1 aromatic carbocycles. The molecule has 8 nitrogen and oxygen atoms in total. The molecule has 0 atom stereocenters. The number of methoxy groups -OCH3 is 1. The molecule has 35 heavy (non-hydrogen) atoms. The van der Waals surface area contributed by atoms with Crippen LogP contribution in [0.15, 0.2) is 22.7 Å². The smallest absolute Gasteiger partial charge is 0.270 e. The van der Waals surface area contributed by atoms with Crippen molar-refractivity contribution in [3.05, 3.63) is 28.4 Å². The van der Waals surface area contributed by atoms with Crippen LogP contribution in [-0.4, -0.2) is 92.2 Å². The van der Waals surface area contributed by atoms with Crippen LogP contribution >= 0.6 is 15.9 Å². The SMILES string of the molecule is COCCCn1c(C(=O)N2CCS(=O)(=O)CC2)cc2cc(OC3CCN(C(C)C)CC3)c(Br)cc21.